The maximum atomic E-state index is 12.8. The van der Waals surface area contributed by atoms with Gasteiger partial charge in [-0.15, -0.1) is 0 Å². The third-order valence-corrected chi connectivity index (χ3v) is 6.29. The summed E-state index contributed by atoms with van der Waals surface area (Å²) in [6.07, 6.45) is 0.360. The summed E-state index contributed by atoms with van der Waals surface area (Å²) in [7, 11) is 0. The highest BCUT2D eigenvalue weighted by Crippen LogP contribution is 2.35. The van der Waals surface area contributed by atoms with E-state index in [2.05, 4.69) is 10.6 Å². The molecule has 2 amide bonds. The predicted molar refractivity (Wildman–Crippen MR) is 133 cm³/mol. The summed E-state index contributed by atoms with van der Waals surface area (Å²) in [4.78, 5) is 27.2. The summed E-state index contributed by atoms with van der Waals surface area (Å²) >= 11 is 12.1. The molecule has 7 heteroatoms. The number of nitrogens with zero attached hydrogens (tertiary/aromatic N) is 1. The van der Waals surface area contributed by atoms with Gasteiger partial charge in [0.25, 0.3) is 11.8 Å². The molecule has 0 fully saturated rings. The lowest BCUT2D eigenvalue weighted by molar-refractivity contribution is 0.0685. The van der Waals surface area contributed by atoms with Crippen LogP contribution < -0.4 is 10.6 Å². The second kappa shape index (κ2) is 9.86. The van der Waals surface area contributed by atoms with Gasteiger partial charge in [0, 0.05) is 45.0 Å². The number of halogens is 2. The Balaban J connectivity index is 1.39. The lowest BCUT2D eigenvalue weighted by Gasteiger charge is -2.30. The van der Waals surface area contributed by atoms with Gasteiger partial charge in [-0.05, 0) is 68.3 Å². The van der Waals surface area contributed by atoms with E-state index in [-0.39, 0.29) is 24.0 Å². The number of carbonyl (C=O) groups excluding carboxylic acids is 2. The van der Waals surface area contributed by atoms with Gasteiger partial charge in [0.2, 0.25) is 0 Å². The quantitative estimate of drug-likeness (QED) is 0.438. The Morgan fingerprint density at radius 3 is 2.45 bits per heavy atom. The fourth-order valence-electron chi connectivity index (χ4n) is 4.03. The van der Waals surface area contributed by atoms with Crippen molar-refractivity contribution >= 4 is 40.7 Å². The topological polar surface area (TPSA) is 61.4 Å². The number of amides is 2. The van der Waals surface area contributed by atoms with Crippen molar-refractivity contribution in [3.8, 4) is 0 Å². The SMILES string of the molecule is CC(C)N1C(=O)c2ccccc2C1Nc1ccc(C(=O)NCCc2ccc(Cl)cc2Cl)cc1. The van der Waals surface area contributed by atoms with E-state index >= 15 is 0 Å². The molecular weight excluding hydrogens is 457 g/mol. The van der Waals surface area contributed by atoms with Gasteiger partial charge >= 0.3 is 0 Å². The number of benzene rings is 3. The molecule has 0 spiro atoms. The zero-order chi connectivity index (χ0) is 23.5. The van der Waals surface area contributed by atoms with Crippen LogP contribution >= 0.6 is 23.2 Å². The van der Waals surface area contributed by atoms with Crippen LogP contribution in [0.2, 0.25) is 10.0 Å². The van der Waals surface area contributed by atoms with E-state index in [1.54, 1.807) is 24.3 Å². The van der Waals surface area contributed by atoms with Gasteiger partial charge in [0.15, 0.2) is 0 Å². The average Bonchev–Trinajstić information content (AvgIpc) is 3.07. The maximum absolute atomic E-state index is 12.8. The second-order valence-corrected chi connectivity index (χ2v) is 9.10. The van der Waals surface area contributed by atoms with Crippen molar-refractivity contribution in [1.82, 2.24) is 10.2 Å². The zero-order valence-electron chi connectivity index (χ0n) is 18.4. The molecule has 3 aromatic rings. The Labute approximate surface area is 203 Å². The molecular formula is C26H25Cl2N3O2. The van der Waals surface area contributed by atoms with Crippen molar-refractivity contribution in [1.29, 1.82) is 0 Å². The van der Waals surface area contributed by atoms with Crippen LogP contribution in [0.3, 0.4) is 0 Å². The van der Waals surface area contributed by atoms with Crippen LogP contribution in [0.5, 0.6) is 0 Å². The molecule has 1 unspecified atom stereocenters. The Hall–Kier alpha value is -3.02. The number of rotatable bonds is 7. The van der Waals surface area contributed by atoms with Crippen LogP contribution in [0.25, 0.3) is 0 Å². The Morgan fingerprint density at radius 2 is 1.76 bits per heavy atom. The molecule has 5 nitrogen and oxygen atoms in total. The van der Waals surface area contributed by atoms with E-state index in [4.69, 9.17) is 23.2 Å². The third-order valence-electron chi connectivity index (χ3n) is 5.70. The number of nitrogens with one attached hydrogen (secondary N) is 2. The van der Waals surface area contributed by atoms with Gasteiger partial charge in [0.1, 0.15) is 6.17 Å². The number of hydrogen-bond acceptors (Lipinski definition) is 3. The first-order valence-corrected chi connectivity index (χ1v) is 11.6. The predicted octanol–water partition coefficient (Wildman–Crippen LogP) is 5.94. The number of carbonyl (C=O) groups is 2. The molecule has 0 aliphatic carbocycles. The number of fused-ring (bicyclic) bond motifs is 1. The first-order chi connectivity index (χ1) is 15.8. The molecule has 0 saturated heterocycles. The van der Waals surface area contributed by atoms with E-state index in [1.807, 2.05) is 61.2 Å². The van der Waals surface area contributed by atoms with E-state index in [1.165, 1.54) is 0 Å². The number of anilines is 1. The average molecular weight is 482 g/mol. The molecule has 1 atom stereocenters. The van der Waals surface area contributed by atoms with Crippen LogP contribution in [0.15, 0.2) is 66.7 Å². The zero-order valence-corrected chi connectivity index (χ0v) is 20.0. The molecule has 3 aromatic carbocycles. The number of hydrogen-bond donors (Lipinski definition) is 2. The lowest BCUT2D eigenvalue weighted by Crippen LogP contribution is -2.37. The monoisotopic (exact) mass is 481 g/mol. The lowest BCUT2D eigenvalue weighted by atomic mass is 10.1. The molecule has 1 aliphatic rings. The smallest absolute Gasteiger partial charge is 0.256 e. The van der Waals surface area contributed by atoms with Crippen LogP contribution in [-0.4, -0.2) is 29.3 Å². The van der Waals surface area contributed by atoms with Crippen LogP contribution in [0, 0.1) is 0 Å². The molecule has 0 bridgehead atoms. The van der Waals surface area contributed by atoms with E-state index in [0.717, 1.165) is 22.4 Å². The minimum absolute atomic E-state index is 0.0230. The fourth-order valence-corrected chi connectivity index (χ4v) is 4.53. The van der Waals surface area contributed by atoms with Gasteiger partial charge < -0.3 is 15.5 Å². The minimum Gasteiger partial charge on any atom is -0.361 e. The third kappa shape index (κ3) is 5.00. The summed E-state index contributed by atoms with van der Waals surface area (Å²) in [5.74, 6) is -0.133. The fraction of sp³-hybridized carbons (Fsp3) is 0.231. The molecule has 0 saturated carbocycles. The van der Waals surface area contributed by atoms with Gasteiger partial charge in [-0.3, -0.25) is 9.59 Å². The molecule has 0 aromatic heterocycles. The molecule has 1 aliphatic heterocycles. The van der Waals surface area contributed by atoms with Gasteiger partial charge in [-0.25, -0.2) is 0 Å². The highest BCUT2D eigenvalue weighted by atomic mass is 35.5. The normalized spacial score (nSPS) is 15.0. The maximum Gasteiger partial charge on any atom is 0.256 e. The van der Waals surface area contributed by atoms with Crippen LogP contribution in [0.4, 0.5) is 5.69 Å². The Bertz CT molecular complexity index is 1180. The molecule has 0 radical (unpaired) electrons. The van der Waals surface area contributed by atoms with Crippen molar-refractivity contribution in [3.63, 3.8) is 0 Å². The molecule has 4 rings (SSSR count). The first kappa shape index (κ1) is 23.1. The minimum atomic E-state index is -0.252. The standard InChI is InChI=1S/C26H25Cl2N3O2/c1-16(2)31-24(21-5-3-4-6-22(21)26(31)33)30-20-11-8-18(9-12-20)25(32)29-14-13-17-7-10-19(27)15-23(17)28/h3-12,15-16,24,30H,13-14H2,1-2H3,(H,29,32). The van der Waals surface area contributed by atoms with Crippen molar-refractivity contribution in [3.05, 3.63) is 99.0 Å². The summed E-state index contributed by atoms with van der Waals surface area (Å²) in [6.45, 7) is 4.47. The Morgan fingerprint density at radius 1 is 1.03 bits per heavy atom. The van der Waals surface area contributed by atoms with Crippen molar-refractivity contribution in [2.75, 3.05) is 11.9 Å². The molecule has 2 N–H and O–H groups in total. The first-order valence-electron chi connectivity index (χ1n) is 10.9. The summed E-state index contributed by atoms with van der Waals surface area (Å²) < 4.78 is 0. The summed E-state index contributed by atoms with van der Waals surface area (Å²) in [5.41, 5.74) is 4.01. The largest absolute Gasteiger partial charge is 0.361 e. The van der Waals surface area contributed by atoms with Gasteiger partial charge in [-0.1, -0.05) is 47.5 Å². The van der Waals surface area contributed by atoms with Crippen LogP contribution in [-0.2, 0) is 6.42 Å². The highest BCUT2D eigenvalue weighted by molar-refractivity contribution is 6.35. The van der Waals surface area contributed by atoms with Gasteiger partial charge in [-0.2, -0.15) is 0 Å². The van der Waals surface area contributed by atoms with Gasteiger partial charge in [0.05, 0.1) is 0 Å². The van der Waals surface area contributed by atoms with E-state index in [9.17, 15) is 9.59 Å². The van der Waals surface area contributed by atoms with Crippen LogP contribution in [0.1, 0.15) is 51.9 Å². The second-order valence-electron chi connectivity index (χ2n) is 8.26. The summed E-state index contributed by atoms with van der Waals surface area (Å²) in [5, 5.41) is 7.55. The van der Waals surface area contributed by atoms with Crippen molar-refractivity contribution < 1.29 is 9.59 Å². The Kier molecular flexibility index (Phi) is 6.91. The molecule has 33 heavy (non-hydrogen) atoms. The molecule has 170 valence electrons. The summed E-state index contributed by atoms with van der Waals surface area (Å²) in [6, 6.07) is 20.3. The highest BCUT2D eigenvalue weighted by Gasteiger charge is 2.37. The van der Waals surface area contributed by atoms with Crippen molar-refractivity contribution in [2.45, 2.75) is 32.5 Å². The van der Waals surface area contributed by atoms with E-state index in [0.29, 0.717) is 28.6 Å². The molecule has 1 heterocycles. The van der Waals surface area contributed by atoms with E-state index < -0.39 is 0 Å². The van der Waals surface area contributed by atoms with Crippen molar-refractivity contribution in [2.24, 2.45) is 0 Å².